The van der Waals surface area contributed by atoms with Crippen LogP contribution in [0.1, 0.15) is 57.2 Å². The highest BCUT2D eigenvalue weighted by molar-refractivity contribution is 5.49. The molecule has 0 aromatic carbocycles. The number of nitrogens with zero attached hydrogens (tertiary/aromatic N) is 3. The Morgan fingerprint density at radius 2 is 2.05 bits per heavy atom. The van der Waals surface area contributed by atoms with Gasteiger partial charge in [-0.1, -0.05) is 13.3 Å². The Morgan fingerprint density at radius 1 is 1.25 bits per heavy atom. The molecule has 0 bridgehead atoms. The molecule has 3 rings (SSSR count). The second-order valence-electron chi connectivity index (χ2n) is 6.35. The van der Waals surface area contributed by atoms with E-state index in [-0.39, 0.29) is 0 Å². The standard InChI is InChI=1S/C16H26N4/c1-3-9-17-14-10-15(19-16(18-14)13-7-8-13)20(2)11-12-5-4-6-12/h10,12-13H,3-9,11H2,1-2H3,(H,17,18,19). The molecule has 1 N–H and O–H groups in total. The number of hydrogen-bond donors (Lipinski definition) is 1. The van der Waals surface area contributed by atoms with E-state index in [1.807, 2.05) is 0 Å². The van der Waals surface area contributed by atoms with Crippen LogP contribution in [0, 0.1) is 5.92 Å². The maximum atomic E-state index is 4.79. The summed E-state index contributed by atoms with van der Waals surface area (Å²) in [6.45, 7) is 4.29. The number of nitrogens with one attached hydrogen (secondary N) is 1. The molecule has 4 heteroatoms. The molecule has 110 valence electrons. The highest BCUT2D eigenvalue weighted by Gasteiger charge is 2.28. The van der Waals surface area contributed by atoms with Crippen molar-refractivity contribution in [1.82, 2.24) is 9.97 Å². The monoisotopic (exact) mass is 274 g/mol. The average Bonchev–Trinajstić information content (AvgIpc) is 3.24. The van der Waals surface area contributed by atoms with Gasteiger partial charge in [0.25, 0.3) is 0 Å². The van der Waals surface area contributed by atoms with E-state index in [2.05, 4.69) is 35.2 Å². The summed E-state index contributed by atoms with van der Waals surface area (Å²) < 4.78 is 0. The van der Waals surface area contributed by atoms with Crippen molar-refractivity contribution in [1.29, 1.82) is 0 Å². The van der Waals surface area contributed by atoms with Crippen molar-refractivity contribution >= 4 is 11.6 Å². The van der Waals surface area contributed by atoms with Gasteiger partial charge in [0.15, 0.2) is 0 Å². The van der Waals surface area contributed by atoms with Crippen molar-refractivity contribution in [3.63, 3.8) is 0 Å². The van der Waals surface area contributed by atoms with Crippen molar-refractivity contribution in [2.75, 3.05) is 30.4 Å². The van der Waals surface area contributed by atoms with Gasteiger partial charge in [-0.15, -0.1) is 0 Å². The van der Waals surface area contributed by atoms with Crippen LogP contribution < -0.4 is 10.2 Å². The van der Waals surface area contributed by atoms with Crippen LogP contribution in [-0.4, -0.2) is 30.1 Å². The molecule has 0 spiro atoms. The lowest BCUT2D eigenvalue weighted by Gasteiger charge is -2.31. The third kappa shape index (κ3) is 3.22. The van der Waals surface area contributed by atoms with E-state index < -0.39 is 0 Å². The van der Waals surface area contributed by atoms with Crippen LogP contribution in [-0.2, 0) is 0 Å². The summed E-state index contributed by atoms with van der Waals surface area (Å²) in [6, 6.07) is 2.11. The second kappa shape index (κ2) is 5.98. The van der Waals surface area contributed by atoms with E-state index in [0.29, 0.717) is 5.92 Å². The lowest BCUT2D eigenvalue weighted by Crippen LogP contribution is -2.30. The highest BCUT2D eigenvalue weighted by atomic mass is 15.2. The summed E-state index contributed by atoms with van der Waals surface area (Å²) >= 11 is 0. The van der Waals surface area contributed by atoms with Crippen LogP contribution >= 0.6 is 0 Å². The summed E-state index contributed by atoms with van der Waals surface area (Å²) in [5.74, 6) is 4.61. The molecule has 0 radical (unpaired) electrons. The Bertz CT molecular complexity index is 452. The third-order valence-corrected chi connectivity index (χ3v) is 4.38. The van der Waals surface area contributed by atoms with Crippen molar-refractivity contribution in [2.24, 2.45) is 5.92 Å². The fourth-order valence-electron chi connectivity index (χ4n) is 2.67. The van der Waals surface area contributed by atoms with E-state index in [1.54, 1.807) is 0 Å². The van der Waals surface area contributed by atoms with Crippen LogP contribution in [0.5, 0.6) is 0 Å². The van der Waals surface area contributed by atoms with Crippen LogP contribution in [0.25, 0.3) is 0 Å². The van der Waals surface area contributed by atoms with Gasteiger partial charge in [0.2, 0.25) is 0 Å². The van der Waals surface area contributed by atoms with Crippen LogP contribution in [0.4, 0.5) is 11.6 Å². The predicted octanol–water partition coefficient (Wildman–Crippen LogP) is 3.41. The van der Waals surface area contributed by atoms with Gasteiger partial charge in [0.05, 0.1) is 0 Å². The minimum atomic E-state index is 0.606. The Labute approximate surface area is 122 Å². The first-order valence-corrected chi connectivity index (χ1v) is 8.10. The summed E-state index contributed by atoms with van der Waals surface area (Å²) in [5.41, 5.74) is 0. The quantitative estimate of drug-likeness (QED) is 0.827. The van der Waals surface area contributed by atoms with Crippen molar-refractivity contribution in [3.05, 3.63) is 11.9 Å². The topological polar surface area (TPSA) is 41.0 Å². The number of aromatic nitrogens is 2. The smallest absolute Gasteiger partial charge is 0.136 e. The Hall–Kier alpha value is -1.32. The Morgan fingerprint density at radius 3 is 2.65 bits per heavy atom. The molecule has 1 aromatic heterocycles. The average molecular weight is 274 g/mol. The molecule has 20 heavy (non-hydrogen) atoms. The largest absolute Gasteiger partial charge is 0.370 e. The fourth-order valence-corrected chi connectivity index (χ4v) is 2.67. The zero-order valence-corrected chi connectivity index (χ0v) is 12.7. The second-order valence-corrected chi connectivity index (χ2v) is 6.35. The summed E-state index contributed by atoms with van der Waals surface area (Å²) in [5, 5.41) is 3.42. The maximum absolute atomic E-state index is 4.79. The molecule has 0 saturated heterocycles. The molecule has 2 fully saturated rings. The number of hydrogen-bond acceptors (Lipinski definition) is 4. The van der Waals surface area contributed by atoms with Crippen LogP contribution in [0.15, 0.2) is 6.07 Å². The summed E-state index contributed by atoms with van der Waals surface area (Å²) in [4.78, 5) is 11.8. The lowest BCUT2D eigenvalue weighted by molar-refractivity contribution is 0.321. The molecule has 1 heterocycles. The number of rotatable bonds is 7. The normalized spacial score (nSPS) is 18.7. The van der Waals surface area contributed by atoms with Crippen molar-refractivity contribution < 1.29 is 0 Å². The SMILES string of the molecule is CCCNc1cc(N(C)CC2CCC2)nc(C2CC2)n1. The first kappa shape index (κ1) is 13.7. The molecule has 2 saturated carbocycles. The minimum absolute atomic E-state index is 0.606. The zero-order valence-electron chi connectivity index (χ0n) is 12.7. The van der Waals surface area contributed by atoms with E-state index in [0.717, 1.165) is 42.9 Å². The lowest BCUT2D eigenvalue weighted by atomic mass is 9.85. The molecule has 0 amide bonds. The van der Waals surface area contributed by atoms with Gasteiger partial charge in [-0.25, -0.2) is 9.97 Å². The van der Waals surface area contributed by atoms with Crippen molar-refractivity contribution in [2.45, 2.75) is 51.4 Å². The van der Waals surface area contributed by atoms with Gasteiger partial charge in [-0.05, 0) is 38.0 Å². The van der Waals surface area contributed by atoms with Gasteiger partial charge < -0.3 is 10.2 Å². The fraction of sp³-hybridized carbons (Fsp3) is 0.750. The van der Waals surface area contributed by atoms with E-state index in [4.69, 9.17) is 4.98 Å². The molecule has 0 atom stereocenters. The first-order chi connectivity index (χ1) is 9.76. The zero-order chi connectivity index (χ0) is 13.9. The Kier molecular flexibility index (Phi) is 4.08. The van der Waals surface area contributed by atoms with Crippen LogP contribution in [0.2, 0.25) is 0 Å². The predicted molar refractivity (Wildman–Crippen MR) is 83.4 cm³/mol. The molecule has 2 aliphatic carbocycles. The third-order valence-electron chi connectivity index (χ3n) is 4.38. The van der Waals surface area contributed by atoms with Gasteiger partial charge in [0, 0.05) is 32.1 Å². The van der Waals surface area contributed by atoms with E-state index >= 15 is 0 Å². The van der Waals surface area contributed by atoms with E-state index in [9.17, 15) is 0 Å². The molecule has 2 aliphatic rings. The summed E-state index contributed by atoms with van der Waals surface area (Å²) in [7, 11) is 2.17. The molecular weight excluding hydrogens is 248 g/mol. The van der Waals surface area contributed by atoms with Crippen LogP contribution in [0.3, 0.4) is 0 Å². The highest BCUT2D eigenvalue weighted by Crippen LogP contribution is 2.39. The van der Waals surface area contributed by atoms with Gasteiger partial charge in [-0.2, -0.15) is 0 Å². The van der Waals surface area contributed by atoms with E-state index in [1.165, 1.54) is 32.1 Å². The molecule has 0 unspecified atom stereocenters. The Balaban J connectivity index is 1.74. The molecular formula is C16H26N4. The molecule has 4 nitrogen and oxygen atoms in total. The maximum Gasteiger partial charge on any atom is 0.136 e. The van der Waals surface area contributed by atoms with Gasteiger partial charge >= 0.3 is 0 Å². The van der Waals surface area contributed by atoms with Gasteiger partial charge in [-0.3, -0.25) is 0 Å². The first-order valence-electron chi connectivity index (χ1n) is 8.10. The number of anilines is 2. The summed E-state index contributed by atoms with van der Waals surface area (Å²) in [6.07, 6.45) is 7.79. The van der Waals surface area contributed by atoms with Crippen molar-refractivity contribution in [3.8, 4) is 0 Å². The van der Waals surface area contributed by atoms with Gasteiger partial charge in [0.1, 0.15) is 17.5 Å². The minimum Gasteiger partial charge on any atom is -0.370 e. The molecule has 1 aromatic rings. The molecule has 0 aliphatic heterocycles.